The maximum atomic E-state index is 4.51. The van der Waals surface area contributed by atoms with E-state index in [0.717, 1.165) is 44.5 Å². The molecule has 26 heavy (non-hydrogen) atoms. The average Bonchev–Trinajstić information content (AvgIpc) is 2.70. The average molecular weight is 359 g/mol. The van der Waals surface area contributed by atoms with Crippen molar-refractivity contribution in [2.45, 2.75) is 26.2 Å². The smallest absolute Gasteiger partial charge is 0.193 e. The van der Waals surface area contributed by atoms with E-state index in [0.29, 0.717) is 5.92 Å². The molecule has 0 spiro atoms. The number of hydrogen-bond acceptors (Lipinski definition) is 4. The topological polar surface area (TPSA) is 47.0 Å². The Morgan fingerprint density at radius 1 is 1.12 bits per heavy atom. The summed E-state index contributed by atoms with van der Waals surface area (Å²) in [6.07, 6.45) is 6.00. The van der Waals surface area contributed by atoms with Crippen molar-refractivity contribution in [1.82, 2.24) is 20.1 Å². The second-order valence-corrected chi connectivity index (χ2v) is 7.56. The largest absolute Gasteiger partial charge is 0.356 e. The molecule has 0 bridgehead atoms. The molecule has 2 aliphatic rings. The summed E-state index contributed by atoms with van der Waals surface area (Å²) in [4.78, 5) is 16.3. The van der Waals surface area contributed by atoms with E-state index in [9.17, 15) is 0 Å². The van der Waals surface area contributed by atoms with E-state index < -0.39 is 0 Å². The Hall–Kier alpha value is -1.82. The van der Waals surface area contributed by atoms with Gasteiger partial charge in [0.25, 0.3) is 0 Å². The Bertz CT molecular complexity index is 547. The quantitative estimate of drug-likeness (QED) is 0.643. The van der Waals surface area contributed by atoms with E-state index in [2.05, 4.69) is 49.0 Å². The van der Waals surface area contributed by atoms with Crippen molar-refractivity contribution in [1.29, 1.82) is 0 Å². The molecule has 0 aromatic carbocycles. The number of piperidine rings is 1. The zero-order chi connectivity index (χ0) is 18.2. The van der Waals surface area contributed by atoms with Crippen LogP contribution in [0.4, 0.5) is 5.82 Å². The van der Waals surface area contributed by atoms with Gasteiger partial charge in [-0.1, -0.05) is 19.4 Å². The van der Waals surface area contributed by atoms with Crippen molar-refractivity contribution in [3.05, 3.63) is 24.4 Å². The highest BCUT2D eigenvalue weighted by molar-refractivity contribution is 5.80. The molecule has 1 aromatic rings. The molecule has 1 aromatic heterocycles. The van der Waals surface area contributed by atoms with Gasteiger partial charge in [0.15, 0.2) is 5.96 Å². The van der Waals surface area contributed by atoms with Crippen LogP contribution in [0.25, 0.3) is 0 Å². The summed E-state index contributed by atoms with van der Waals surface area (Å²) in [5, 5.41) is 3.60. The van der Waals surface area contributed by atoms with Gasteiger partial charge in [0.05, 0.1) is 0 Å². The molecule has 3 heterocycles. The van der Waals surface area contributed by atoms with E-state index in [-0.39, 0.29) is 0 Å². The lowest BCUT2D eigenvalue weighted by molar-refractivity contribution is 0.200. The Morgan fingerprint density at radius 2 is 1.88 bits per heavy atom. The number of aliphatic imine (C=N–C) groups is 1. The van der Waals surface area contributed by atoms with Gasteiger partial charge in [-0.2, -0.15) is 0 Å². The monoisotopic (exact) mass is 358 g/mol. The lowest BCUT2D eigenvalue weighted by atomic mass is 10.1. The fourth-order valence-corrected chi connectivity index (χ4v) is 3.93. The van der Waals surface area contributed by atoms with Crippen LogP contribution in [0, 0.1) is 5.92 Å². The molecule has 6 nitrogen and oxygen atoms in total. The third kappa shape index (κ3) is 5.34. The third-order valence-electron chi connectivity index (χ3n) is 5.39. The van der Waals surface area contributed by atoms with Crippen molar-refractivity contribution in [2.75, 3.05) is 64.3 Å². The number of anilines is 1. The molecule has 2 fully saturated rings. The Labute approximate surface area is 158 Å². The van der Waals surface area contributed by atoms with Crippen LogP contribution in [0.5, 0.6) is 0 Å². The fraction of sp³-hybridized carbons (Fsp3) is 0.700. The maximum Gasteiger partial charge on any atom is 0.193 e. The molecule has 1 N–H and O–H groups in total. The van der Waals surface area contributed by atoms with Gasteiger partial charge in [0, 0.05) is 52.5 Å². The summed E-state index contributed by atoms with van der Waals surface area (Å²) in [6, 6.07) is 6.11. The van der Waals surface area contributed by atoms with Gasteiger partial charge in [0.1, 0.15) is 5.82 Å². The first-order valence-electron chi connectivity index (χ1n) is 10.1. The number of hydrogen-bond donors (Lipinski definition) is 1. The lowest BCUT2D eigenvalue weighted by Crippen LogP contribution is -2.53. The third-order valence-corrected chi connectivity index (χ3v) is 5.39. The van der Waals surface area contributed by atoms with Crippen LogP contribution in [0.1, 0.15) is 26.2 Å². The van der Waals surface area contributed by atoms with Crippen molar-refractivity contribution < 1.29 is 0 Å². The summed E-state index contributed by atoms with van der Waals surface area (Å²) in [5.41, 5.74) is 0. The van der Waals surface area contributed by atoms with Gasteiger partial charge in [-0.05, 0) is 44.0 Å². The number of aromatic nitrogens is 1. The minimum Gasteiger partial charge on any atom is -0.356 e. The summed E-state index contributed by atoms with van der Waals surface area (Å²) in [5.74, 6) is 2.75. The van der Waals surface area contributed by atoms with Crippen LogP contribution in [0.2, 0.25) is 0 Å². The summed E-state index contributed by atoms with van der Waals surface area (Å²) < 4.78 is 0. The van der Waals surface area contributed by atoms with Crippen molar-refractivity contribution in [3.8, 4) is 0 Å². The zero-order valence-electron chi connectivity index (χ0n) is 16.4. The summed E-state index contributed by atoms with van der Waals surface area (Å²) >= 11 is 0. The van der Waals surface area contributed by atoms with Crippen LogP contribution < -0.4 is 10.2 Å². The lowest BCUT2D eigenvalue weighted by Gasteiger charge is -2.37. The van der Waals surface area contributed by atoms with E-state index in [4.69, 9.17) is 0 Å². The Kier molecular flexibility index (Phi) is 7.12. The van der Waals surface area contributed by atoms with Crippen LogP contribution in [-0.4, -0.2) is 80.1 Å². The minimum atomic E-state index is 0.639. The Morgan fingerprint density at radius 3 is 2.54 bits per heavy atom. The molecule has 0 radical (unpaired) electrons. The van der Waals surface area contributed by atoms with Gasteiger partial charge in [-0.15, -0.1) is 0 Å². The molecule has 1 atom stereocenters. The first-order valence-corrected chi connectivity index (χ1v) is 10.1. The highest BCUT2D eigenvalue weighted by atomic mass is 15.4. The fourth-order valence-electron chi connectivity index (χ4n) is 3.93. The van der Waals surface area contributed by atoms with Crippen LogP contribution in [-0.2, 0) is 0 Å². The molecule has 144 valence electrons. The number of pyridine rings is 1. The predicted molar refractivity (Wildman–Crippen MR) is 109 cm³/mol. The first kappa shape index (κ1) is 19.0. The van der Waals surface area contributed by atoms with Crippen molar-refractivity contribution in [2.24, 2.45) is 10.9 Å². The Balaban J connectivity index is 1.41. The van der Waals surface area contributed by atoms with Crippen molar-refractivity contribution in [3.63, 3.8) is 0 Å². The molecule has 6 heteroatoms. The van der Waals surface area contributed by atoms with E-state index in [1.54, 1.807) is 0 Å². The molecular formula is C20H34N6. The van der Waals surface area contributed by atoms with E-state index >= 15 is 0 Å². The SMILES string of the molecule is CN=C(NCC(C)CN1CCCCC1)N1CCN(c2ccccn2)CC1. The van der Waals surface area contributed by atoms with Crippen LogP contribution in [0.15, 0.2) is 29.4 Å². The van der Waals surface area contributed by atoms with E-state index in [1.807, 2.05) is 19.3 Å². The van der Waals surface area contributed by atoms with Gasteiger partial charge >= 0.3 is 0 Å². The van der Waals surface area contributed by atoms with Crippen molar-refractivity contribution >= 4 is 11.8 Å². The molecule has 0 amide bonds. The predicted octanol–water partition coefficient (Wildman–Crippen LogP) is 1.90. The number of nitrogens with one attached hydrogen (secondary N) is 1. The molecule has 0 saturated carbocycles. The molecular weight excluding hydrogens is 324 g/mol. The second kappa shape index (κ2) is 9.76. The van der Waals surface area contributed by atoms with Gasteiger partial charge < -0.3 is 20.0 Å². The van der Waals surface area contributed by atoms with E-state index in [1.165, 1.54) is 38.9 Å². The van der Waals surface area contributed by atoms with Gasteiger partial charge in [-0.3, -0.25) is 4.99 Å². The van der Waals surface area contributed by atoms with Gasteiger partial charge in [0.2, 0.25) is 0 Å². The normalized spacial score (nSPS) is 20.9. The zero-order valence-corrected chi connectivity index (χ0v) is 16.4. The standard InChI is InChI=1S/C20H34N6/c1-18(17-24-10-6-3-7-11-24)16-23-20(21-2)26-14-12-25(13-15-26)19-8-4-5-9-22-19/h4-5,8-9,18H,3,6-7,10-17H2,1-2H3,(H,21,23). The highest BCUT2D eigenvalue weighted by Gasteiger charge is 2.21. The summed E-state index contributed by atoms with van der Waals surface area (Å²) in [7, 11) is 1.89. The number of piperazine rings is 1. The number of rotatable bonds is 5. The number of likely N-dealkylation sites (tertiary alicyclic amines) is 1. The highest BCUT2D eigenvalue weighted by Crippen LogP contribution is 2.13. The van der Waals surface area contributed by atoms with Crippen LogP contribution >= 0.6 is 0 Å². The maximum absolute atomic E-state index is 4.51. The molecule has 2 aliphatic heterocycles. The minimum absolute atomic E-state index is 0.639. The summed E-state index contributed by atoms with van der Waals surface area (Å²) in [6.45, 7) is 11.0. The molecule has 2 saturated heterocycles. The molecule has 3 rings (SSSR count). The molecule has 0 aliphatic carbocycles. The van der Waals surface area contributed by atoms with Gasteiger partial charge in [-0.25, -0.2) is 4.98 Å². The number of nitrogens with zero attached hydrogens (tertiary/aromatic N) is 5. The molecule has 1 unspecified atom stereocenters. The second-order valence-electron chi connectivity index (χ2n) is 7.56. The number of guanidine groups is 1. The first-order chi connectivity index (χ1) is 12.8. The van der Waals surface area contributed by atoms with Crippen LogP contribution in [0.3, 0.4) is 0 Å².